The summed E-state index contributed by atoms with van der Waals surface area (Å²) in [4.78, 5) is 4.44. The van der Waals surface area contributed by atoms with Crippen LogP contribution in [0.15, 0.2) is 18.5 Å². The minimum Gasteiger partial charge on any atom is -0.382 e. The van der Waals surface area contributed by atoms with Crippen LogP contribution in [0.3, 0.4) is 0 Å². The molecule has 3 nitrogen and oxygen atoms in total. The van der Waals surface area contributed by atoms with Gasteiger partial charge in [0.05, 0.1) is 17.4 Å². The molecule has 17 heavy (non-hydrogen) atoms. The Morgan fingerprint density at radius 3 is 2.76 bits per heavy atom. The summed E-state index contributed by atoms with van der Waals surface area (Å²) < 4.78 is 7.56. The predicted molar refractivity (Wildman–Crippen MR) is 70.3 cm³/mol. The van der Waals surface area contributed by atoms with Gasteiger partial charge in [-0.15, -0.1) is 0 Å². The minimum atomic E-state index is 0.795. The molecule has 0 fully saturated rings. The van der Waals surface area contributed by atoms with E-state index in [1.165, 1.54) is 16.6 Å². The minimum absolute atomic E-state index is 0.795. The molecule has 0 aliphatic heterocycles. The van der Waals surface area contributed by atoms with Crippen molar-refractivity contribution in [1.29, 1.82) is 0 Å². The first-order chi connectivity index (χ1) is 8.22. The van der Waals surface area contributed by atoms with Crippen molar-refractivity contribution in [3.63, 3.8) is 0 Å². The molecule has 0 saturated heterocycles. The number of aryl methyl sites for hydroxylation is 3. The SMILES string of the molecule is CCOCCCn1cnc2cc(C)c(C)cc21. The Morgan fingerprint density at radius 1 is 1.24 bits per heavy atom. The van der Waals surface area contributed by atoms with E-state index in [0.29, 0.717) is 0 Å². The van der Waals surface area contributed by atoms with E-state index in [1.807, 2.05) is 13.3 Å². The van der Waals surface area contributed by atoms with Gasteiger partial charge in [0.25, 0.3) is 0 Å². The molecule has 2 aromatic rings. The molecule has 0 spiro atoms. The highest BCUT2D eigenvalue weighted by Crippen LogP contribution is 2.18. The molecular weight excluding hydrogens is 212 g/mol. The highest BCUT2D eigenvalue weighted by atomic mass is 16.5. The van der Waals surface area contributed by atoms with E-state index in [4.69, 9.17) is 4.74 Å². The van der Waals surface area contributed by atoms with Gasteiger partial charge in [0.2, 0.25) is 0 Å². The number of benzene rings is 1. The molecule has 0 N–H and O–H groups in total. The van der Waals surface area contributed by atoms with Crippen LogP contribution in [0.4, 0.5) is 0 Å². The van der Waals surface area contributed by atoms with Gasteiger partial charge in [0, 0.05) is 19.8 Å². The molecule has 1 aromatic heterocycles. The largest absolute Gasteiger partial charge is 0.382 e. The zero-order chi connectivity index (χ0) is 12.3. The van der Waals surface area contributed by atoms with Crippen LogP contribution in [0, 0.1) is 13.8 Å². The fourth-order valence-electron chi connectivity index (χ4n) is 1.97. The summed E-state index contributed by atoms with van der Waals surface area (Å²) in [6, 6.07) is 4.38. The maximum absolute atomic E-state index is 5.35. The fourth-order valence-corrected chi connectivity index (χ4v) is 1.97. The Morgan fingerprint density at radius 2 is 2.00 bits per heavy atom. The van der Waals surface area contributed by atoms with Gasteiger partial charge in [0.1, 0.15) is 0 Å². The third-order valence-electron chi connectivity index (χ3n) is 3.13. The molecule has 0 bridgehead atoms. The molecule has 0 aliphatic carbocycles. The van der Waals surface area contributed by atoms with Gasteiger partial charge in [-0.2, -0.15) is 0 Å². The van der Waals surface area contributed by atoms with Crippen molar-refractivity contribution < 1.29 is 4.74 Å². The number of imidazole rings is 1. The number of hydrogen-bond donors (Lipinski definition) is 0. The lowest BCUT2D eigenvalue weighted by molar-refractivity contribution is 0.142. The average Bonchev–Trinajstić information content (AvgIpc) is 2.68. The van der Waals surface area contributed by atoms with Crippen LogP contribution < -0.4 is 0 Å². The Labute approximate surface area is 102 Å². The Bertz CT molecular complexity index is 502. The van der Waals surface area contributed by atoms with Crippen molar-refractivity contribution in [2.24, 2.45) is 0 Å². The first-order valence-electron chi connectivity index (χ1n) is 6.22. The summed E-state index contributed by atoms with van der Waals surface area (Å²) >= 11 is 0. The third-order valence-corrected chi connectivity index (χ3v) is 3.13. The van der Waals surface area contributed by atoms with E-state index in [0.717, 1.165) is 31.7 Å². The van der Waals surface area contributed by atoms with Gasteiger partial charge in [0.15, 0.2) is 0 Å². The van der Waals surface area contributed by atoms with Crippen molar-refractivity contribution in [1.82, 2.24) is 9.55 Å². The van der Waals surface area contributed by atoms with Crippen LogP contribution in [-0.2, 0) is 11.3 Å². The number of aromatic nitrogens is 2. The quantitative estimate of drug-likeness (QED) is 0.741. The van der Waals surface area contributed by atoms with Crippen molar-refractivity contribution in [2.75, 3.05) is 13.2 Å². The maximum Gasteiger partial charge on any atom is 0.0958 e. The highest BCUT2D eigenvalue weighted by molar-refractivity contribution is 5.77. The second kappa shape index (κ2) is 5.32. The van der Waals surface area contributed by atoms with E-state index in [9.17, 15) is 0 Å². The first-order valence-corrected chi connectivity index (χ1v) is 6.22. The van der Waals surface area contributed by atoms with Crippen molar-refractivity contribution in [2.45, 2.75) is 33.7 Å². The van der Waals surface area contributed by atoms with Crippen LogP contribution >= 0.6 is 0 Å². The van der Waals surface area contributed by atoms with E-state index < -0.39 is 0 Å². The lowest BCUT2D eigenvalue weighted by atomic mass is 10.1. The van der Waals surface area contributed by atoms with Gasteiger partial charge >= 0.3 is 0 Å². The van der Waals surface area contributed by atoms with Crippen LogP contribution in [0.5, 0.6) is 0 Å². The van der Waals surface area contributed by atoms with Crippen LogP contribution in [0.1, 0.15) is 24.5 Å². The molecule has 0 saturated carbocycles. The fraction of sp³-hybridized carbons (Fsp3) is 0.500. The zero-order valence-electron chi connectivity index (χ0n) is 10.9. The van der Waals surface area contributed by atoms with Crippen LogP contribution in [-0.4, -0.2) is 22.8 Å². The molecule has 92 valence electrons. The summed E-state index contributed by atoms with van der Waals surface area (Å²) in [7, 11) is 0. The molecule has 1 heterocycles. The van der Waals surface area contributed by atoms with E-state index >= 15 is 0 Å². The molecule has 2 rings (SSSR count). The van der Waals surface area contributed by atoms with E-state index in [-0.39, 0.29) is 0 Å². The highest BCUT2D eigenvalue weighted by Gasteiger charge is 2.04. The van der Waals surface area contributed by atoms with Crippen molar-refractivity contribution >= 4 is 11.0 Å². The number of ether oxygens (including phenoxy) is 1. The summed E-state index contributed by atoms with van der Waals surface area (Å²) in [5.41, 5.74) is 4.94. The third kappa shape index (κ3) is 2.67. The lowest BCUT2D eigenvalue weighted by Gasteiger charge is -2.06. The smallest absolute Gasteiger partial charge is 0.0958 e. The second-order valence-electron chi connectivity index (χ2n) is 4.41. The topological polar surface area (TPSA) is 27.1 Å². The van der Waals surface area contributed by atoms with Crippen molar-refractivity contribution in [3.8, 4) is 0 Å². The summed E-state index contributed by atoms with van der Waals surface area (Å²) in [6.45, 7) is 8.89. The second-order valence-corrected chi connectivity index (χ2v) is 4.41. The van der Waals surface area contributed by atoms with Crippen LogP contribution in [0.2, 0.25) is 0 Å². The molecule has 0 aliphatic rings. The summed E-state index contributed by atoms with van der Waals surface area (Å²) in [5, 5.41) is 0. The van der Waals surface area contributed by atoms with Crippen LogP contribution in [0.25, 0.3) is 11.0 Å². The number of nitrogens with zero attached hydrogens (tertiary/aromatic N) is 2. The lowest BCUT2D eigenvalue weighted by Crippen LogP contribution is -2.01. The normalized spacial score (nSPS) is 11.2. The van der Waals surface area contributed by atoms with Gasteiger partial charge in [-0.1, -0.05) is 0 Å². The van der Waals surface area contributed by atoms with Gasteiger partial charge in [-0.05, 0) is 50.5 Å². The Balaban J connectivity index is 2.15. The molecule has 0 unspecified atom stereocenters. The van der Waals surface area contributed by atoms with Crippen molar-refractivity contribution in [3.05, 3.63) is 29.6 Å². The molecule has 1 aromatic carbocycles. The van der Waals surface area contributed by atoms with E-state index in [1.54, 1.807) is 0 Å². The Kier molecular flexibility index (Phi) is 3.79. The molecule has 0 amide bonds. The number of hydrogen-bond acceptors (Lipinski definition) is 2. The maximum atomic E-state index is 5.35. The van der Waals surface area contributed by atoms with Gasteiger partial charge in [-0.25, -0.2) is 4.98 Å². The molecule has 0 radical (unpaired) electrons. The average molecular weight is 232 g/mol. The predicted octanol–water partition coefficient (Wildman–Crippen LogP) is 3.08. The molecular formula is C14H20N2O. The van der Waals surface area contributed by atoms with Gasteiger partial charge in [-0.3, -0.25) is 0 Å². The molecule has 0 atom stereocenters. The number of fused-ring (bicyclic) bond motifs is 1. The number of rotatable bonds is 5. The first kappa shape index (κ1) is 12.1. The molecule has 3 heteroatoms. The Hall–Kier alpha value is -1.35. The summed E-state index contributed by atoms with van der Waals surface area (Å²) in [6.07, 6.45) is 2.96. The zero-order valence-corrected chi connectivity index (χ0v) is 10.9. The monoisotopic (exact) mass is 232 g/mol. The summed E-state index contributed by atoms with van der Waals surface area (Å²) in [5.74, 6) is 0. The van der Waals surface area contributed by atoms with E-state index in [2.05, 4.69) is 35.5 Å². The van der Waals surface area contributed by atoms with Gasteiger partial charge < -0.3 is 9.30 Å². The standard InChI is InChI=1S/C14H20N2O/c1-4-17-7-5-6-16-10-15-13-8-11(2)12(3)9-14(13)16/h8-10H,4-7H2,1-3H3.